The van der Waals surface area contributed by atoms with Gasteiger partial charge in [0.1, 0.15) is 0 Å². The molecule has 0 aromatic rings. The summed E-state index contributed by atoms with van der Waals surface area (Å²) in [4.78, 5) is 0. The maximum Gasteiger partial charge on any atom is 1.00 e. The van der Waals surface area contributed by atoms with Crippen molar-refractivity contribution >= 4 is 11.6 Å². The SMILES string of the molecule is CC1OC1Cl.[Na+].[OH-]. The maximum atomic E-state index is 5.31. The zero-order valence-electron chi connectivity index (χ0n) is 4.39. The Morgan fingerprint density at radius 2 is 1.71 bits per heavy atom. The van der Waals surface area contributed by atoms with Gasteiger partial charge >= 0.3 is 29.6 Å². The predicted octanol–water partition coefficient (Wildman–Crippen LogP) is -2.20. The fourth-order valence-corrected chi connectivity index (χ4v) is 0.322. The molecule has 1 saturated heterocycles. The van der Waals surface area contributed by atoms with Crippen LogP contribution in [0.15, 0.2) is 0 Å². The van der Waals surface area contributed by atoms with Gasteiger partial charge in [-0.1, -0.05) is 11.6 Å². The van der Waals surface area contributed by atoms with Crippen LogP contribution in [0, 0.1) is 0 Å². The average Bonchev–Trinajstić information content (AvgIpc) is 1.79. The van der Waals surface area contributed by atoms with Crippen molar-refractivity contribution in [3.05, 3.63) is 0 Å². The van der Waals surface area contributed by atoms with Crippen LogP contribution in [0.1, 0.15) is 6.92 Å². The van der Waals surface area contributed by atoms with E-state index < -0.39 is 0 Å². The molecule has 4 heteroatoms. The van der Waals surface area contributed by atoms with Crippen molar-refractivity contribution in [1.29, 1.82) is 0 Å². The maximum absolute atomic E-state index is 5.31. The summed E-state index contributed by atoms with van der Waals surface area (Å²) in [6.07, 6.45) is 0.316. The average molecular weight is 133 g/mol. The van der Waals surface area contributed by atoms with Gasteiger partial charge in [0, 0.05) is 0 Å². The van der Waals surface area contributed by atoms with Crippen molar-refractivity contribution < 1.29 is 39.8 Å². The first-order chi connectivity index (χ1) is 2.30. The molecule has 0 bridgehead atoms. The summed E-state index contributed by atoms with van der Waals surface area (Å²) in [6, 6.07) is 0. The molecule has 0 radical (unpaired) electrons. The van der Waals surface area contributed by atoms with Crippen LogP contribution < -0.4 is 29.6 Å². The first kappa shape index (κ1) is 11.1. The minimum Gasteiger partial charge on any atom is -0.870 e. The van der Waals surface area contributed by atoms with Gasteiger partial charge in [-0.25, -0.2) is 0 Å². The van der Waals surface area contributed by atoms with E-state index in [0.29, 0.717) is 6.10 Å². The predicted molar refractivity (Wildman–Crippen MR) is 22.1 cm³/mol. The van der Waals surface area contributed by atoms with Crippen molar-refractivity contribution in [1.82, 2.24) is 0 Å². The molecule has 2 unspecified atom stereocenters. The van der Waals surface area contributed by atoms with E-state index in [9.17, 15) is 0 Å². The van der Waals surface area contributed by atoms with Crippen LogP contribution in [0.2, 0.25) is 0 Å². The van der Waals surface area contributed by atoms with Gasteiger partial charge in [0.25, 0.3) is 0 Å². The zero-order chi connectivity index (χ0) is 3.86. The third-order valence-electron chi connectivity index (χ3n) is 0.637. The molecular weight excluding hydrogens is 126 g/mol. The molecule has 1 aliphatic rings. The minimum atomic E-state index is 0. The Morgan fingerprint density at radius 3 is 1.71 bits per heavy atom. The Labute approximate surface area is 69.8 Å². The molecule has 0 aromatic carbocycles. The van der Waals surface area contributed by atoms with Gasteiger partial charge in [0.05, 0.1) is 6.10 Å². The normalized spacial score (nSPS) is 35.1. The van der Waals surface area contributed by atoms with Crippen LogP contribution in [-0.4, -0.2) is 17.1 Å². The number of epoxide rings is 1. The van der Waals surface area contributed by atoms with E-state index in [0.717, 1.165) is 0 Å². The van der Waals surface area contributed by atoms with Gasteiger partial charge in [-0.2, -0.15) is 0 Å². The Balaban J connectivity index is 0. The molecule has 2 atom stereocenters. The van der Waals surface area contributed by atoms with Crippen LogP contribution in [0.3, 0.4) is 0 Å². The van der Waals surface area contributed by atoms with Crippen molar-refractivity contribution in [3.63, 3.8) is 0 Å². The Kier molecular flexibility index (Phi) is 6.52. The number of ether oxygens (including phenoxy) is 1. The Morgan fingerprint density at radius 1 is 1.57 bits per heavy atom. The number of rotatable bonds is 0. The van der Waals surface area contributed by atoms with Crippen LogP contribution in [0.25, 0.3) is 0 Å². The summed E-state index contributed by atoms with van der Waals surface area (Å²) in [6.45, 7) is 1.94. The smallest absolute Gasteiger partial charge is 0.870 e. The Hall–Kier alpha value is 1.21. The van der Waals surface area contributed by atoms with Gasteiger partial charge in [-0.05, 0) is 6.92 Å². The molecule has 1 aliphatic heterocycles. The zero-order valence-corrected chi connectivity index (χ0v) is 7.14. The van der Waals surface area contributed by atoms with Crippen molar-refractivity contribution in [2.75, 3.05) is 0 Å². The van der Waals surface area contributed by atoms with Gasteiger partial charge < -0.3 is 10.2 Å². The van der Waals surface area contributed by atoms with E-state index in [2.05, 4.69) is 4.74 Å². The summed E-state index contributed by atoms with van der Waals surface area (Å²) in [5.74, 6) is 0. The van der Waals surface area contributed by atoms with Gasteiger partial charge in [0.15, 0.2) is 5.56 Å². The van der Waals surface area contributed by atoms with E-state index in [4.69, 9.17) is 11.6 Å². The van der Waals surface area contributed by atoms with Crippen molar-refractivity contribution in [3.8, 4) is 0 Å². The molecule has 0 spiro atoms. The summed E-state index contributed by atoms with van der Waals surface area (Å²) in [7, 11) is 0. The standard InChI is InChI=1S/C3H5ClO.Na.H2O/c1-2-3(4)5-2;;/h2-3H,1H3;;1H2/q;+1;/p-1. The monoisotopic (exact) mass is 132 g/mol. The molecular formula is C3H6ClNaO2. The third kappa shape index (κ3) is 3.76. The molecule has 2 nitrogen and oxygen atoms in total. The second-order valence-electron chi connectivity index (χ2n) is 1.19. The number of halogens is 1. The molecule has 0 saturated carbocycles. The molecule has 1 N–H and O–H groups in total. The van der Waals surface area contributed by atoms with E-state index in [1.165, 1.54) is 0 Å². The largest absolute Gasteiger partial charge is 1.00 e. The summed E-state index contributed by atoms with van der Waals surface area (Å²) in [5.41, 5.74) is 0.0231. The van der Waals surface area contributed by atoms with Gasteiger partial charge in [-0.15, -0.1) is 0 Å². The summed E-state index contributed by atoms with van der Waals surface area (Å²) in [5, 5.41) is 0. The minimum absolute atomic E-state index is 0. The molecule has 38 valence electrons. The van der Waals surface area contributed by atoms with Crippen LogP contribution in [0.4, 0.5) is 0 Å². The van der Waals surface area contributed by atoms with E-state index in [1.807, 2.05) is 6.92 Å². The fourth-order valence-electron chi connectivity index (χ4n) is 0.160. The quantitative estimate of drug-likeness (QED) is 0.213. The van der Waals surface area contributed by atoms with Crippen molar-refractivity contribution in [2.45, 2.75) is 18.6 Å². The summed E-state index contributed by atoms with van der Waals surface area (Å²) < 4.78 is 4.68. The number of hydrogen-bond donors (Lipinski definition) is 0. The van der Waals surface area contributed by atoms with Crippen LogP contribution >= 0.6 is 11.6 Å². The summed E-state index contributed by atoms with van der Waals surface area (Å²) >= 11 is 5.31. The molecule has 0 aromatic heterocycles. The first-order valence-electron chi connectivity index (χ1n) is 1.60. The number of hydrogen-bond acceptors (Lipinski definition) is 2. The fraction of sp³-hybridized carbons (Fsp3) is 1.00. The molecule has 1 rings (SSSR count). The molecule has 1 fully saturated rings. The first-order valence-corrected chi connectivity index (χ1v) is 2.04. The van der Waals surface area contributed by atoms with E-state index in [-0.39, 0.29) is 40.6 Å². The van der Waals surface area contributed by atoms with Crippen LogP contribution in [0.5, 0.6) is 0 Å². The molecule has 0 amide bonds. The second-order valence-corrected chi connectivity index (χ2v) is 1.62. The van der Waals surface area contributed by atoms with E-state index in [1.54, 1.807) is 0 Å². The van der Waals surface area contributed by atoms with E-state index >= 15 is 0 Å². The topological polar surface area (TPSA) is 42.5 Å². The van der Waals surface area contributed by atoms with Gasteiger partial charge in [0.2, 0.25) is 0 Å². The van der Waals surface area contributed by atoms with Crippen molar-refractivity contribution in [2.24, 2.45) is 0 Å². The Bertz CT molecular complexity index is 46.2. The van der Waals surface area contributed by atoms with Gasteiger partial charge in [-0.3, -0.25) is 0 Å². The number of alkyl halides is 1. The second kappa shape index (κ2) is 4.13. The molecule has 0 aliphatic carbocycles. The van der Waals surface area contributed by atoms with Crippen LogP contribution in [-0.2, 0) is 4.74 Å². The molecule has 7 heavy (non-hydrogen) atoms. The molecule has 1 heterocycles. The third-order valence-corrected chi connectivity index (χ3v) is 1.09.